The number of nitrogens with one attached hydrogen (secondary N) is 1. The Morgan fingerprint density at radius 1 is 0.723 bits per heavy atom. The summed E-state index contributed by atoms with van der Waals surface area (Å²) in [5, 5.41) is 1.36. The number of aromatic amines is 1. The van der Waals surface area contributed by atoms with Crippen molar-refractivity contribution in [2.75, 3.05) is 0 Å². The van der Waals surface area contributed by atoms with Gasteiger partial charge in [-0.3, -0.25) is 9.78 Å². The largest absolute Gasteiger partial charge is 0.366 e. The summed E-state index contributed by atoms with van der Waals surface area (Å²) in [5.74, 6) is 0.656. The highest BCUT2D eigenvalue weighted by atomic mass is 28.3. The quantitative estimate of drug-likeness (QED) is 0.191. The summed E-state index contributed by atoms with van der Waals surface area (Å²) >= 11 is 0. The van der Waals surface area contributed by atoms with Gasteiger partial charge in [0.1, 0.15) is 5.82 Å². The van der Waals surface area contributed by atoms with Crippen LogP contribution in [0.15, 0.2) is 96.2 Å². The molecular formula is C41H46N4OSi. The van der Waals surface area contributed by atoms with E-state index in [2.05, 4.69) is 145 Å². The van der Waals surface area contributed by atoms with Crippen LogP contribution in [0.1, 0.15) is 52.7 Å². The fourth-order valence-corrected chi connectivity index (χ4v) is 7.80. The summed E-state index contributed by atoms with van der Waals surface area (Å²) in [5.41, 5.74) is 10.7. The lowest BCUT2D eigenvalue weighted by molar-refractivity contribution is 0.583. The maximum Gasteiger partial charge on any atom is 0.196 e. The molecular weight excluding hydrogens is 593 g/mol. The van der Waals surface area contributed by atoms with Gasteiger partial charge in [-0.2, -0.15) is 0 Å². The number of hydrogen-bond donors (Lipinski definition) is 1. The number of pyridine rings is 2. The number of H-pyrrole nitrogens is 1. The number of para-hydroxylation sites is 1. The first-order chi connectivity index (χ1) is 22.0. The van der Waals surface area contributed by atoms with Gasteiger partial charge in [-0.25, -0.2) is 4.98 Å². The lowest BCUT2D eigenvalue weighted by atomic mass is 9.83. The number of fused-ring (bicyclic) bond motifs is 1. The van der Waals surface area contributed by atoms with E-state index >= 15 is 0 Å². The van der Waals surface area contributed by atoms with Crippen LogP contribution in [0.3, 0.4) is 0 Å². The molecule has 0 fully saturated rings. The van der Waals surface area contributed by atoms with Gasteiger partial charge in [0.2, 0.25) is 0 Å². The predicted molar refractivity (Wildman–Crippen MR) is 201 cm³/mol. The summed E-state index contributed by atoms with van der Waals surface area (Å²) in [6, 6.07) is 26.1. The number of aromatic nitrogens is 4. The number of rotatable bonds is 5. The van der Waals surface area contributed by atoms with Gasteiger partial charge in [-0.05, 0) is 62.5 Å². The van der Waals surface area contributed by atoms with Gasteiger partial charge in [0, 0.05) is 42.3 Å². The van der Waals surface area contributed by atoms with Crippen molar-refractivity contribution in [3.63, 3.8) is 0 Å². The Balaban J connectivity index is 1.57. The van der Waals surface area contributed by atoms with Crippen LogP contribution in [-0.2, 0) is 17.9 Å². The predicted octanol–water partition coefficient (Wildman–Crippen LogP) is 9.46. The minimum atomic E-state index is -1.67. The first-order valence-corrected chi connectivity index (χ1v) is 19.9. The lowest BCUT2D eigenvalue weighted by Crippen LogP contribution is -2.39. The van der Waals surface area contributed by atoms with Crippen molar-refractivity contribution in [1.82, 2.24) is 19.5 Å². The van der Waals surface area contributed by atoms with Crippen molar-refractivity contribution < 1.29 is 0 Å². The molecule has 6 rings (SSSR count). The first-order valence-electron chi connectivity index (χ1n) is 16.4. The second-order valence-electron chi connectivity index (χ2n) is 15.8. The fraction of sp³-hybridized carbons (Fsp3) is 0.293. The summed E-state index contributed by atoms with van der Waals surface area (Å²) in [7, 11) is 0.323. The molecule has 0 aliphatic heterocycles. The molecule has 1 N–H and O–H groups in total. The molecule has 5 nitrogen and oxygen atoms in total. The maximum atomic E-state index is 13.7. The van der Waals surface area contributed by atoms with E-state index in [0.29, 0.717) is 11.4 Å². The Bertz CT molecular complexity index is 2170. The van der Waals surface area contributed by atoms with Gasteiger partial charge in [0.15, 0.2) is 5.43 Å². The second-order valence-corrected chi connectivity index (χ2v) is 20.8. The van der Waals surface area contributed by atoms with Crippen LogP contribution in [0.5, 0.6) is 0 Å². The Hall–Kier alpha value is -4.55. The third-order valence-electron chi connectivity index (χ3n) is 9.11. The highest BCUT2D eigenvalue weighted by Crippen LogP contribution is 2.37. The zero-order chi connectivity index (χ0) is 33.9. The molecule has 0 unspecified atom stereocenters. The van der Waals surface area contributed by atoms with E-state index in [4.69, 9.17) is 9.97 Å². The molecule has 0 saturated heterocycles. The van der Waals surface area contributed by atoms with Gasteiger partial charge in [0.05, 0.1) is 30.4 Å². The standard InChI is InChI=1S/C41H46N4OSi/c1-40(2,3)29-20-27(19-28(21-29)34-22-31(26-15-12-11-13-16-26)36(25-43-34)47(8,9)10)30-17-14-18-35-37(30)44-39(45(35)7)32-23-42-24-33(38(32)46)41(4,5)6/h11-25H,1-10H3,(H,42,46). The van der Waals surface area contributed by atoms with Crippen molar-refractivity contribution in [2.45, 2.75) is 72.0 Å². The number of benzene rings is 3. The fourth-order valence-electron chi connectivity index (χ4n) is 6.33. The van der Waals surface area contributed by atoms with E-state index in [1.807, 2.05) is 17.8 Å². The van der Waals surface area contributed by atoms with Crippen molar-refractivity contribution >= 4 is 24.3 Å². The third-order valence-corrected chi connectivity index (χ3v) is 11.1. The molecule has 6 aromatic rings. The van der Waals surface area contributed by atoms with Crippen molar-refractivity contribution in [1.29, 1.82) is 0 Å². The Kier molecular flexibility index (Phi) is 8.00. The summed E-state index contributed by atoms with van der Waals surface area (Å²) < 4.78 is 2.03. The van der Waals surface area contributed by atoms with E-state index in [1.165, 1.54) is 21.9 Å². The van der Waals surface area contributed by atoms with Gasteiger partial charge in [0.25, 0.3) is 0 Å². The van der Waals surface area contributed by atoms with Crippen molar-refractivity contribution in [3.05, 3.63) is 113 Å². The molecule has 3 aromatic heterocycles. The maximum absolute atomic E-state index is 13.7. The SMILES string of the molecule is Cn1c(-c2c[nH]cc(C(C)(C)C)c2=O)nc2c(-c3cc(-c4cc(-c5ccccc5)c([Si](C)(C)C)cn4)cc(C(C)(C)C)c3)cccc21. The van der Waals surface area contributed by atoms with E-state index in [-0.39, 0.29) is 16.3 Å². The highest BCUT2D eigenvalue weighted by Gasteiger charge is 2.25. The van der Waals surface area contributed by atoms with Crippen molar-refractivity contribution in [2.24, 2.45) is 7.05 Å². The number of aryl methyl sites for hydroxylation is 1. The summed E-state index contributed by atoms with van der Waals surface area (Å²) in [4.78, 5) is 27.2. The smallest absolute Gasteiger partial charge is 0.196 e. The molecule has 0 spiro atoms. The monoisotopic (exact) mass is 638 g/mol. The Morgan fingerprint density at radius 2 is 1.43 bits per heavy atom. The summed E-state index contributed by atoms with van der Waals surface area (Å²) in [6.45, 7) is 20.1. The molecule has 0 bridgehead atoms. The molecule has 0 radical (unpaired) electrons. The molecule has 0 saturated carbocycles. The average molecular weight is 639 g/mol. The summed E-state index contributed by atoms with van der Waals surface area (Å²) in [6.07, 6.45) is 5.70. The molecule has 3 heterocycles. The number of nitrogens with zero attached hydrogens (tertiary/aromatic N) is 3. The van der Waals surface area contributed by atoms with E-state index in [1.54, 1.807) is 6.20 Å². The van der Waals surface area contributed by atoms with E-state index in [9.17, 15) is 4.79 Å². The van der Waals surface area contributed by atoms with Gasteiger partial charge in [-0.1, -0.05) is 110 Å². The van der Waals surface area contributed by atoms with Gasteiger partial charge < -0.3 is 9.55 Å². The minimum absolute atomic E-state index is 0.00952. The van der Waals surface area contributed by atoms with Gasteiger partial charge >= 0.3 is 0 Å². The normalized spacial score (nSPS) is 12.6. The molecule has 3 aromatic carbocycles. The minimum Gasteiger partial charge on any atom is -0.366 e. The Morgan fingerprint density at radius 3 is 2.09 bits per heavy atom. The van der Waals surface area contributed by atoms with E-state index in [0.717, 1.165) is 39.0 Å². The van der Waals surface area contributed by atoms with Crippen LogP contribution in [0.2, 0.25) is 19.6 Å². The number of imidazole rings is 1. The van der Waals surface area contributed by atoms with E-state index < -0.39 is 8.07 Å². The first kappa shape index (κ1) is 32.4. The highest BCUT2D eigenvalue weighted by molar-refractivity contribution is 6.89. The molecule has 0 amide bonds. The van der Waals surface area contributed by atoms with Crippen LogP contribution in [-0.4, -0.2) is 27.6 Å². The second kappa shape index (κ2) is 11.6. The molecule has 0 aliphatic rings. The molecule has 47 heavy (non-hydrogen) atoms. The van der Waals surface area contributed by atoms with Crippen LogP contribution < -0.4 is 10.6 Å². The lowest BCUT2D eigenvalue weighted by Gasteiger charge is -2.23. The average Bonchev–Trinajstić information content (AvgIpc) is 3.35. The van der Waals surface area contributed by atoms with Crippen LogP contribution in [0.25, 0.3) is 55.9 Å². The molecule has 6 heteroatoms. The Labute approximate surface area is 279 Å². The van der Waals surface area contributed by atoms with Crippen LogP contribution in [0.4, 0.5) is 0 Å². The molecule has 0 aliphatic carbocycles. The van der Waals surface area contributed by atoms with Crippen LogP contribution >= 0.6 is 0 Å². The zero-order valence-electron chi connectivity index (χ0n) is 29.4. The van der Waals surface area contributed by atoms with Gasteiger partial charge in [-0.15, -0.1) is 0 Å². The zero-order valence-corrected chi connectivity index (χ0v) is 30.4. The third kappa shape index (κ3) is 6.14. The van der Waals surface area contributed by atoms with Crippen LogP contribution in [0, 0.1) is 0 Å². The molecule has 0 atom stereocenters. The topological polar surface area (TPSA) is 63.6 Å². The van der Waals surface area contributed by atoms with Crippen molar-refractivity contribution in [3.8, 4) is 44.9 Å². The number of hydrogen-bond acceptors (Lipinski definition) is 3. The molecule has 240 valence electrons.